The highest BCUT2D eigenvalue weighted by Crippen LogP contribution is 2.44. The number of carbonyl (C=O) groups excluding carboxylic acids is 4. The lowest BCUT2D eigenvalue weighted by Gasteiger charge is -2.29. The topological polar surface area (TPSA) is 184 Å². The average Bonchev–Trinajstić information content (AvgIpc) is 3.77. The molecular formula is C40H41N5O6. The Bertz CT molecular complexity index is 2030. The summed E-state index contributed by atoms with van der Waals surface area (Å²) in [5, 5.41) is 24.7. The fourth-order valence-electron chi connectivity index (χ4n) is 7.47. The summed E-state index contributed by atoms with van der Waals surface area (Å²) >= 11 is 0. The number of aliphatic carboxylic acids is 1. The van der Waals surface area contributed by atoms with Crippen molar-refractivity contribution in [3.63, 3.8) is 0 Å². The number of carbonyl (C=O) groups is 5. The van der Waals surface area contributed by atoms with Crippen molar-refractivity contribution in [2.75, 3.05) is 11.9 Å². The zero-order valence-electron chi connectivity index (χ0n) is 28.2. The normalized spacial score (nSPS) is 15.9. The van der Waals surface area contributed by atoms with Crippen molar-refractivity contribution in [2.45, 2.75) is 69.2 Å². The van der Waals surface area contributed by atoms with Gasteiger partial charge in [0.1, 0.15) is 5.54 Å². The second-order valence-electron chi connectivity index (χ2n) is 13.3. The van der Waals surface area contributed by atoms with Gasteiger partial charge in [0.05, 0.1) is 17.8 Å². The number of ketones is 2. The molecule has 0 atom stereocenters. The summed E-state index contributed by atoms with van der Waals surface area (Å²) in [6, 6.07) is 21.4. The molecule has 4 aromatic rings. The van der Waals surface area contributed by atoms with Crippen molar-refractivity contribution in [3.8, 4) is 11.3 Å². The lowest BCUT2D eigenvalue weighted by Crippen LogP contribution is -2.55. The van der Waals surface area contributed by atoms with Crippen LogP contribution in [0.15, 0.2) is 78.9 Å². The van der Waals surface area contributed by atoms with E-state index in [4.69, 9.17) is 16.2 Å². The number of nitrogens with one attached hydrogen (secondary N) is 3. The molecule has 1 heterocycles. The summed E-state index contributed by atoms with van der Waals surface area (Å²) in [7, 11) is 0. The molecule has 0 spiro atoms. The van der Waals surface area contributed by atoms with Gasteiger partial charge in [-0.05, 0) is 78.6 Å². The molecule has 2 aliphatic rings. The van der Waals surface area contributed by atoms with E-state index < -0.39 is 41.4 Å². The van der Waals surface area contributed by atoms with Crippen LogP contribution < -0.4 is 16.4 Å². The van der Waals surface area contributed by atoms with E-state index >= 15 is 0 Å². The Morgan fingerprint density at radius 1 is 0.902 bits per heavy atom. The molecule has 0 radical (unpaired) electrons. The van der Waals surface area contributed by atoms with E-state index in [1.807, 2.05) is 36.4 Å². The number of aromatic nitrogens is 1. The first-order chi connectivity index (χ1) is 24.6. The molecule has 262 valence electrons. The SMILES string of the molecule is N=C(C(=O)C(=O)CN)n1c(-c2ccccc2)c(C2CCCCC2)c2ccc(C(=O)NC3(C(=O)Nc4ccc(/C=C/C(=O)O)cc4)CCCC3)cc21. The van der Waals surface area contributed by atoms with E-state index in [9.17, 15) is 24.0 Å². The third-order valence-corrected chi connectivity index (χ3v) is 10.0. The third-order valence-electron chi connectivity index (χ3n) is 10.0. The highest BCUT2D eigenvalue weighted by Gasteiger charge is 2.43. The van der Waals surface area contributed by atoms with Crippen molar-refractivity contribution in [1.82, 2.24) is 9.88 Å². The number of fused-ring (bicyclic) bond motifs is 1. The predicted octanol–water partition coefficient (Wildman–Crippen LogP) is 6.06. The van der Waals surface area contributed by atoms with Crippen molar-refractivity contribution in [1.29, 1.82) is 5.41 Å². The highest BCUT2D eigenvalue weighted by molar-refractivity contribution is 6.65. The minimum absolute atomic E-state index is 0.151. The Hall–Kier alpha value is -5.68. The Morgan fingerprint density at radius 2 is 1.59 bits per heavy atom. The van der Waals surface area contributed by atoms with Gasteiger partial charge in [0.15, 0.2) is 5.84 Å². The molecule has 3 aromatic carbocycles. The number of amides is 2. The van der Waals surface area contributed by atoms with Crippen LogP contribution >= 0.6 is 0 Å². The smallest absolute Gasteiger partial charge is 0.328 e. The summed E-state index contributed by atoms with van der Waals surface area (Å²) in [6.45, 7) is -0.527. The van der Waals surface area contributed by atoms with Gasteiger partial charge < -0.3 is 21.5 Å². The fourth-order valence-corrected chi connectivity index (χ4v) is 7.47. The van der Waals surface area contributed by atoms with Gasteiger partial charge in [-0.3, -0.25) is 29.2 Å². The Labute approximate surface area is 295 Å². The van der Waals surface area contributed by atoms with E-state index in [1.165, 1.54) is 10.6 Å². The first kappa shape index (κ1) is 35.2. The maximum atomic E-state index is 14.1. The van der Waals surface area contributed by atoms with Gasteiger partial charge in [-0.25, -0.2) is 4.79 Å². The molecule has 51 heavy (non-hydrogen) atoms. The van der Waals surface area contributed by atoms with Gasteiger partial charge in [-0.15, -0.1) is 0 Å². The number of Topliss-reactive ketones (excluding diaryl/α,β-unsaturated/α-hetero) is 2. The molecule has 2 aliphatic carbocycles. The van der Waals surface area contributed by atoms with Crippen LogP contribution in [0.1, 0.15) is 85.2 Å². The number of hydrogen-bond donors (Lipinski definition) is 5. The summed E-state index contributed by atoms with van der Waals surface area (Å²) in [4.78, 5) is 64.5. The van der Waals surface area contributed by atoms with E-state index in [1.54, 1.807) is 36.4 Å². The minimum Gasteiger partial charge on any atom is -0.478 e. The van der Waals surface area contributed by atoms with E-state index in [2.05, 4.69) is 10.6 Å². The second-order valence-corrected chi connectivity index (χ2v) is 13.3. The number of nitrogens with zero attached hydrogens (tertiary/aromatic N) is 1. The molecular weight excluding hydrogens is 646 g/mol. The number of anilines is 1. The molecule has 1 aromatic heterocycles. The Morgan fingerprint density at radius 3 is 2.24 bits per heavy atom. The molecule has 0 saturated heterocycles. The zero-order chi connectivity index (χ0) is 36.1. The number of benzene rings is 3. The lowest BCUT2D eigenvalue weighted by atomic mass is 9.81. The molecule has 2 saturated carbocycles. The summed E-state index contributed by atoms with van der Waals surface area (Å²) < 4.78 is 1.49. The van der Waals surface area contributed by atoms with E-state index in [0.29, 0.717) is 35.3 Å². The van der Waals surface area contributed by atoms with Crippen LogP contribution in [0.5, 0.6) is 0 Å². The van der Waals surface area contributed by atoms with Crippen molar-refractivity contribution < 1.29 is 29.1 Å². The lowest BCUT2D eigenvalue weighted by molar-refractivity contribution is -0.132. The van der Waals surface area contributed by atoms with Gasteiger partial charge in [0.25, 0.3) is 11.7 Å². The maximum absolute atomic E-state index is 14.1. The van der Waals surface area contributed by atoms with E-state index in [-0.39, 0.29) is 17.4 Å². The Balaban J connectivity index is 1.38. The van der Waals surface area contributed by atoms with Crippen LogP contribution in [0, 0.1) is 5.41 Å². The molecule has 2 amide bonds. The molecule has 0 unspecified atom stereocenters. The number of carboxylic acid groups (broad SMARTS) is 1. The zero-order valence-corrected chi connectivity index (χ0v) is 28.2. The molecule has 0 aliphatic heterocycles. The van der Waals surface area contributed by atoms with Crippen molar-refractivity contribution >= 4 is 57.9 Å². The standard InChI is InChI=1S/C40H41N5O6/c41-24-32(46)36(49)37(42)45-31-23-28(16-19-30(31)34(26-9-3-1-4-10-26)35(45)27-11-5-2-6-12-27)38(50)44-40(21-7-8-22-40)39(51)43-29-17-13-25(14-18-29)15-20-33(47)48/h2,5-6,11-20,23,26,42H,1,3-4,7-10,21-22,24,41H2,(H,43,51)(H,44,50)(H,47,48)/b20-15+,42-37?. The number of rotatable bonds is 11. The molecule has 11 nitrogen and oxygen atoms in total. The van der Waals surface area contributed by atoms with Crippen LogP contribution in [-0.4, -0.2) is 56.9 Å². The van der Waals surface area contributed by atoms with Gasteiger partial charge in [-0.2, -0.15) is 0 Å². The molecule has 6 N–H and O–H groups in total. The molecule has 0 bridgehead atoms. The van der Waals surface area contributed by atoms with E-state index in [0.717, 1.165) is 67.5 Å². The first-order valence-electron chi connectivity index (χ1n) is 17.4. The fraction of sp³-hybridized carbons (Fsp3) is 0.300. The molecule has 11 heteroatoms. The largest absolute Gasteiger partial charge is 0.478 e. The minimum atomic E-state index is -1.17. The van der Waals surface area contributed by atoms with Gasteiger partial charge >= 0.3 is 5.97 Å². The summed E-state index contributed by atoms with van der Waals surface area (Å²) in [5.41, 5.74) is 8.64. The van der Waals surface area contributed by atoms with Crippen LogP contribution in [0.3, 0.4) is 0 Å². The average molecular weight is 688 g/mol. The predicted molar refractivity (Wildman–Crippen MR) is 196 cm³/mol. The van der Waals surface area contributed by atoms with Crippen LogP contribution in [-0.2, 0) is 19.2 Å². The van der Waals surface area contributed by atoms with Crippen molar-refractivity contribution in [2.24, 2.45) is 5.73 Å². The highest BCUT2D eigenvalue weighted by atomic mass is 16.4. The van der Waals surface area contributed by atoms with Crippen LogP contribution in [0.4, 0.5) is 5.69 Å². The first-order valence-corrected chi connectivity index (χ1v) is 17.4. The number of nitrogens with two attached hydrogens (primary N) is 1. The summed E-state index contributed by atoms with van der Waals surface area (Å²) in [6.07, 6.45) is 9.94. The molecule has 2 fully saturated rings. The van der Waals surface area contributed by atoms with Gasteiger partial charge in [-0.1, -0.05) is 80.6 Å². The van der Waals surface area contributed by atoms with Gasteiger partial charge in [0, 0.05) is 22.7 Å². The van der Waals surface area contributed by atoms with Crippen LogP contribution in [0.25, 0.3) is 28.2 Å². The molecule has 6 rings (SSSR count). The number of hydrogen-bond acceptors (Lipinski definition) is 7. The third kappa shape index (κ3) is 7.29. The monoisotopic (exact) mass is 687 g/mol. The van der Waals surface area contributed by atoms with Crippen molar-refractivity contribution in [3.05, 3.63) is 95.6 Å². The Kier molecular flexibility index (Phi) is 10.4. The quantitative estimate of drug-likeness (QED) is 0.0549. The number of carboxylic acids is 1. The summed E-state index contributed by atoms with van der Waals surface area (Å²) in [5.74, 6) is -4.17. The van der Waals surface area contributed by atoms with Gasteiger partial charge in [0.2, 0.25) is 11.7 Å². The van der Waals surface area contributed by atoms with Crippen LogP contribution in [0.2, 0.25) is 0 Å². The maximum Gasteiger partial charge on any atom is 0.328 e. The second kappa shape index (κ2) is 15.1.